The summed E-state index contributed by atoms with van der Waals surface area (Å²) in [5.41, 5.74) is 0.749. The van der Waals surface area contributed by atoms with Gasteiger partial charge in [-0.25, -0.2) is 8.79 Å². The van der Waals surface area contributed by atoms with Crippen molar-refractivity contribution in [2.75, 3.05) is 6.54 Å². The van der Waals surface area contributed by atoms with Gasteiger partial charge < -0.3 is 5.32 Å². The molecular weight excluding hydrogens is 511 g/mol. The van der Waals surface area contributed by atoms with Gasteiger partial charge in [-0.1, -0.05) is 59.6 Å². The van der Waals surface area contributed by atoms with E-state index in [0.717, 1.165) is 12.1 Å². The van der Waals surface area contributed by atoms with Gasteiger partial charge in [-0.2, -0.15) is 13.2 Å². The van der Waals surface area contributed by atoms with Crippen LogP contribution < -0.4 is 5.32 Å². The number of alkyl halides is 3. The molecule has 3 nitrogen and oxygen atoms in total. The molecule has 1 aliphatic heterocycles. The van der Waals surface area contributed by atoms with E-state index in [4.69, 9.17) is 23.2 Å². The molecule has 0 bridgehead atoms. The zero-order chi connectivity index (χ0) is 24.7. The quantitative estimate of drug-likeness (QED) is 0.162. The van der Waals surface area contributed by atoms with E-state index >= 15 is 0 Å². The summed E-state index contributed by atoms with van der Waals surface area (Å²) in [6.07, 6.45) is -3.72. The summed E-state index contributed by atoms with van der Waals surface area (Å²) in [6, 6.07) is 11.9. The minimum absolute atomic E-state index is 0.188. The molecule has 1 heterocycles. The van der Waals surface area contributed by atoms with Crippen LogP contribution >= 0.6 is 35.1 Å². The Bertz CT molecular complexity index is 1320. The highest BCUT2D eigenvalue weighted by Crippen LogP contribution is 2.57. The lowest BCUT2D eigenvalue weighted by Gasteiger charge is -2.30. The average Bonchev–Trinajstić information content (AvgIpc) is 3.26. The van der Waals surface area contributed by atoms with Gasteiger partial charge in [0.05, 0.1) is 15.8 Å². The Morgan fingerprint density at radius 1 is 1.15 bits per heavy atom. The van der Waals surface area contributed by atoms with Gasteiger partial charge in [0.15, 0.2) is 10.6 Å². The second-order valence-corrected chi connectivity index (χ2v) is 9.47. The van der Waals surface area contributed by atoms with E-state index in [1.807, 2.05) is 0 Å². The van der Waals surface area contributed by atoms with Crippen molar-refractivity contribution in [1.29, 1.82) is 0 Å². The number of nitrogens with one attached hydrogen (secondary N) is 1. The predicted octanol–water partition coefficient (Wildman–Crippen LogP) is 7.50. The third-order valence-corrected chi connectivity index (χ3v) is 7.31. The summed E-state index contributed by atoms with van der Waals surface area (Å²) < 4.78 is 58.8. The number of amides is 1. The maximum absolute atomic E-state index is 14.4. The van der Waals surface area contributed by atoms with Crippen LogP contribution in [-0.2, 0) is 4.75 Å². The van der Waals surface area contributed by atoms with Crippen molar-refractivity contribution in [3.63, 3.8) is 0 Å². The highest BCUT2D eigenvalue weighted by atomic mass is 35.5. The lowest BCUT2D eigenvalue weighted by Crippen LogP contribution is -2.38. The van der Waals surface area contributed by atoms with E-state index in [1.54, 1.807) is 42.5 Å². The Labute approximate surface area is 207 Å². The summed E-state index contributed by atoms with van der Waals surface area (Å²) >= 11 is 12.0. The monoisotopic (exact) mass is 526 g/mol. The summed E-state index contributed by atoms with van der Waals surface area (Å²) in [5, 5.41) is 2.86. The Hall–Kier alpha value is -2.55. The Kier molecular flexibility index (Phi) is 6.68. The van der Waals surface area contributed by atoms with Crippen LogP contribution in [0.5, 0.6) is 0 Å². The molecule has 176 valence electrons. The van der Waals surface area contributed by atoms with Gasteiger partial charge in [0, 0.05) is 24.1 Å². The van der Waals surface area contributed by atoms with Gasteiger partial charge in [0.1, 0.15) is 0 Å². The van der Waals surface area contributed by atoms with Crippen LogP contribution in [0.1, 0.15) is 27.9 Å². The fourth-order valence-electron chi connectivity index (χ4n) is 3.85. The zero-order valence-electron chi connectivity index (χ0n) is 17.3. The molecule has 0 spiro atoms. The lowest BCUT2D eigenvalue weighted by atomic mass is 9.87. The predicted molar refractivity (Wildman–Crippen MR) is 129 cm³/mol. The molecule has 1 amide bonds. The van der Waals surface area contributed by atoms with Crippen molar-refractivity contribution < 1.29 is 22.4 Å². The molecule has 3 aromatic rings. The van der Waals surface area contributed by atoms with E-state index in [0.29, 0.717) is 33.8 Å². The average molecular weight is 527 g/mol. The fourth-order valence-corrected chi connectivity index (χ4v) is 5.29. The van der Waals surface area contributed by atoms with Crippen molar-refractivity contribution in [2.24, 2.45) is 4.40 Å². The van der Waals surface area contributed by atoms with Crippen LogP contribution in [0, 0.1) is 5.82 Å². The second kappa shape index (κ2) is 9.24. The number of nitrogens with zero attached hydrogens (tertiary/aromatic N) is 1. The topological polar surface area (TPSA) is 41.5 Å². The third-order valence-electron chi connectivity index (χ3n) is 5.52. The largest absolute Gasteiger partial charge is 0.409 e. The first-order valence-corrected chi connectivity index (χ1v) is 11.5. The first-order valence-electron chi connectivity index (χ1n) is 9.97. The molecule has 34 heavy (non-hydrogen) atoms. The molecule has 1 aliphatic rings. The Balaban J connectivity index is 1.79. The molecular formula is C24H16Cl2F4N2OS. The molecule has 4 rings (SSSR count). The molecule has 0 aromatic heterocycles. The molecule has 0 saturated carbocycles. The van der Waals surface area contributed by atoms with E-state index in [-0.39, 0.29) is 23.7 Å². The molecule has 0 saturated heterocycles. The van der Waals surface area contributed by atoms with Crippen molar-refractivity contribution in [2.45, 2.75) is 17.3 Å². The summed E-state index contributed by atoms with van der Waals surface area (Å²) in [6.45, 7) is 3.84. The van der Waals surface area contributed by atoms with Gasteiger partial charge in [-0.15, -0.1) is 6.58 Å². The smallest absolute Gasteiger partial charge is 0.349 e. The number of fused-ring (bicyclic) bond motifs is 1. The number of carbonyl (C=O) groups excluding carboxylic acids is 1. The number of halogens is 6. The van der Waals surface area contributed by atoms with E-state index in [1.165, 1.54) is 0 Å². The number of benzene rings is 3. The first-order chi connectivity index (χ1) is 16.1. The van der Waals surface area contributed by atoms with Crippen molar-refractivity contribution in [3.05, 3.63) is 93.7 Å². The standard InChI is InChI=1S/C24H16Cl2F4N2OS/c1-2-9-31-22(33)17-8-7-16(14-5-3-4-6-15(14)17)20-12-23(34-32-20,24(28,29)30)13-10-18(25)21(27)19(26)11-13/h2-8,10-11H,1,9,12H2,(H,31,33). The van der Waals surface area contributed by atoms with Crippen molar-refractivity contribution in [1.82, 2.24) is 5.32 Å². The van der Waals surface area contributed by atoms with Crippen molar-refractivity contribution in [3.8, 4) is 0 Å². The summed E-state index contributed by atoms with van der Waals surface area (Å²) in [4.78, 5) is 12.6. The van der Waals surface area contributed by atoms with E-state index in [2.05, 4.69) is 16.3 Å². The number of rotatable bonds is 5. The van der Waals surface area contributed by atoms with Crippen molar-refractivity contribution >= 4 is 57.5 Å². The van der Waals surface area contributed by atoms with Gasteiger partial charge in [-0.05, 0) is 46.5 Å². The zero-order valence-corrected chi connectivity index (χ0v) is 19.7. The maximum Gasteiger partial charge on any atom is 0.409 e. The molecule has 3 aromatic carbocycles. The summed E-state index contributed by atoms with van der Waals surface area (Å²) in [5.74, 6) is -1.31. The fraction of sp³-hybridized carbons (Fsp3) is 0.167. The van der Waals surface area contributed by atoms with Crippen LogP contribution in [0.4, 0.5) is 17.6 Å². The normalized spacial score (nSPS) is 18.1. The maximum atomic E-state index is 14.4. The SMILES string of the molecule is C=CCNC(=O)c1ccc(C2=NSC(c3cc(Cl)c(F)c(Cl)c3)(C(F)(F)F)C2)c2ccccc12. The first kappa shape index (κ1) is 24.6. The Morgan fingerprint density at radius 3 is 2.41 bits per heavy atom. The van der Waals surface area contributed by atoms with Crippen LogP contribution in [0.25, 0.3) is 10.8 Å². The Morgan fingerprint density at radius 2 is 1.79 bits per heavy atom. The molecule has 1 N–H and O–H groups in total. The van der Waals surface area contributed by atoms with Gasteiger partial charge >= 0.3 is 6.18 Å². The van der Waals surface area contributed by atoms with Crippen LogP contribution in [0.2, 0.25) is 10.0 Å². The molecule has 0 radical (unpaired) electrons. The minimum atomic E-state index is -4.74. The molecule has 0 fully saturated rings. The number of hydrogen-bond acceptors (Lipinski definition) is 3. The molecule has 0 aliphatic carbocycles. The van der Waals surface area contributed by atoms with Gasteiger partial charge in [-0.3, -0.25) is 4.79 Å². The summed E-state index contributed by atoms with van der Waals surface area (Å²) in [7, 11) is 0. The van der Waals surface area contributed by atoms with Crippen LogP contribution in [-0.4, -0.2) is 24.3 Å². The molecule has 1 unspecified atom stereocenters. The highest BCUT2D eigenvalue weighted by Gasteiger charge is 2.60. The minimum Gasteiger partial charge on any atom is -0.349 e. The third kappa shape index (κ3) is 4.19. The molecule has 10 heteroatoms. The van der Waals surface area contributed by atoms with E-state index in [9.17, 15) is 22.4 Å². The lowest BCUT2D eigenvalue weighted by molar-refractivity contribution is -0.159. The number of hydrogen-bond donors (Lipinski definition) is 1. The van der Waals surface area contributed by atoms with Crippen LogP contribution in [0.3, 0.4) is 0 Å². The van der Waals surface area contributed by atoms with Gasteiger partial charge in [0.25, 0.3) is 5.91 Å². The van der Waals surface area contributed by atoms with Crippen LogP contribution in [0.15, 0.2) is 65.6 Å². The molecule has 1 atom stereocenters. The van der Waals surface area contributed by atoms with E-state index < -0.39 is 33.2 Å². The highest BCUT2D eigenvalue weighted by molar-refractivity contribution is 7.99. The second-order valence-electron chi connectivity index (χ2n) is 7.59. The van der Waals surface area contributed by atoms with Gasteiger partial charge in [0.2, 0.25) is 0 Å². The number of carbonyl (C=O) groups is 1.